The topological polar surface area (TPSA) is 84.0 Å². The molecule has 0 aliphatic rings. The highest BCUT2D eigenvalue weighted by Crippen LogP contribution is 2.13. The largest absolute Gasteiger partial charge is 0.359 e. The van der Waals surface area contributed by atoms with Crippen LogP contribution in [0.4, 0.5) is 0 Å². The van der Waals surface area contributed by atoms with Crippen molar-refractivity contribution in [3.8, 4) is 0 Å². The third-order valence-electron chi connectivity index (χ3n) is 2.37. The zero-order valence-electron chi connectivity index (χ0n) is 10.5. The van der Waals surface area contributed by atoms with E-state index in [1.54, 1.807) is 20.9 Å². The number of amides is 2. The molecule has 2 N–H and O–H groups in total. The van der Waals surface area contributed by atoms with Gasteiger partial charge in [-0.25, -0.2) is 4.98 Å². The van der Waals surface area contributed by atoms with Crippen molar-refractivity contribution in [2.45, 2.75) is 13.8 Å². The van der Waals surface area contributed by atoms with E-state index in [1.165, 1.54) is 12.4 Å². The van der Waals surface area contributed by atoms with Gasteiger partial charge in [-0.15, -0.1) is 0 Å². The third kappa shape index (κ3) is 3.66. The van der Waals surface area contributed by atoms with Crippen molar-refractivity contribution in [3.05, 3.63) is 23.2 Å². The van der Waals surface area contributed by atoms with Crippen LogP contribution in [0.25, 0.3) is 0 Å². The number of hydrogen-bond donors (Lipinski definition) is 2. The van der Waals surface area contributed by atoms with Crippen LogP contribution < -0.4 is 10.6 Å². The van der Waals surface area contributed by atoms with Crippen molar-refractivity contribution in [1.82, 2.24) is 20.6 Å². The molecule has 0 aliphatic carbocycles. The predicted octanol–water partition coefficient (Wildman–Crippen LogP) is 0.632. The summed E-state index contributed by atoms with van der Waals surface area (Å²) in [4.78, 5) is 30.9. The number of rotatable bonds is 4. The molecular weight excluding hydrogens is 256 g/mol. The molecule has 7 heteroatoms. The van der Waals surface area contributed by atoms with Crippen molar-refractivity contribution in [3.63, 3.8) is 0 Å². The molecule has 0 radical (unpaired) electrons. The lowest BCUT2D eigenvalue weighted by Crippen LogP contribution is -2.43. The quantitative estimate of drug-likeness (QED) is 0.841. The van der Waals surface area contributed by atoms with E-state index in [0.29, 0.717) is 0 Å². The van der Waals surface area contributed by atoms with Crippen LogP contribution in [0.2, 0.25) is 5.15 Å². The SMILES string of the molecule is CNC(=O)C(C)(C)CNC(=O)c1cncc(Cl)n1. The minimum atomic E-state index is -0.698. The molecular formula is C11H15ClN4O2. The predicted molar refractivity (Wildman–Crippen MR) is 67.2 cm³/mol. The molecule has 0 aromatic carbocycles. The fraction of sp³-hybridized carbons (Fsp3) is 0.455. The summed E-state index contributed by atoms with van der Waals surface area (Å²) in [6.07, 6.45) is 2.65. The molecule has 2 amide bonds. The number of nitrogens with one attached hydrogen (secondary N) is 2. The molecule has 1 heterocycles. The van der Waals surface area contributed by atoms with Gasteiger partial charge in [0.2, 0.25) is 5.91 Å². The van der Waals surface area contributed by atoms with E-state index in [-0.39, 0.29) is 23.3 Å². The molecule has 0 unspecified atom stereocenters. The van der Waals surface area contributed by atoms with Crippen molar-refractivity contribution < 1.29 is 9.59 Å². The molecule has 0 fully saturated rings. The summed E-state index contributed by atoms with van der Waals surface area (Å²) in [6, 6.07) is 0. The minimum absolute atomic E-state index is 0.121. The summed E-state index contributed by atoms with van der Waals surface area (Å²) < 4.78 is 0. The molecule has 6 nitrogen and oxygen atoms in total. The summed E-state index contributed by atoms with van der Waals surface area (Å²) in [5.74, 6) is -0.568. The summed E-state index contributed by atoms with van der Waals surface area (Å²) in [5.41, 5.74) is -0.577. The zero-order chi connectivity index (χ0) is 13.8. The molecule has 1 aromatic rings. The number of nitrogens with zero attached hydrogens (tertiary/aromatic N) is 2. The first kappa shape index (κ1) is 14.4. The molecule has 1 rings (SSSR count). The lowest BCUT2D eigenvalue weighted by atomic mass is 9.92. The summed E-state index contributed by atoms with van der Waals surface area (Å²) >= 11 is 5.63. The molecule has 0 spiro atoms. The molecule has 0 aliphatic heterocycles. The summed E-state index contributed by atoms with van der Waals surface area (Å²) in [6.45, 7) is 3.66. The maximum atomic E-state index is 11.8. The van der Waals surface area contributed by atoms with Crippen molar-refractivity contribution >= 4 is 23.4 Å². The lowest BCUT2D eigenvalue weighted by Gasteiger charge is -2.22. The average Bonchev–Trinajstić information content (AvgIpc) is 2.35. The van der Waals surface area contributed by atoms with Gasteiger partial charge < -0.3 is 10.6 Å². The van der Waals surface area contributed by atoms with Gasteiger partial charge in [0.15, 0.2) is 0 Å². The minimum Gasteiger partial charge on any atom is -0.359 e. The molecule has 0 bridgehead atoms. The van der Waals surface area contributed by atoms with Gasteiger partial charge in [-0.1, -0.05) is 11.6 Å². The number of carbonyl (C=O) groups excluding carboxylic acids is 2. The van der Waals surface area contributed by atoms with Crippen LogP contribution >= 0.6 is 11.6 Å². The van der Waals surface area contributed by atoms with Gasteiger partial charge in [0, 0.05) is 13.6 Å². The maximum absolute atomic E-state index is 11.8. The summed E-state index contributed by atoms with van der Waals surface area (Å²) in [5, 5.41) is 5.31. The monoisotopic (exact) mass is 270 g/mol. The second-order valence-corrected chi connectivity index (χ2v) is 4.76. The molecule has 0 saturated heterocycles. The first-order chi connectivity index (χ1) is 8.36. The first-order valence-electron chi connectivity index (χ1n) is 5.35. The highest BCUT2D eigenvalue weighted by molar-refractivity contribution is 6.29. The number of carbonyl (C=O) groups is 2. The van der Waals surface area contributed by atoms with E-state index in [0.717, 1.165) is 0 Å². The van der Waals surface area contributed by atoms with Gasteiger partial charge in [0.25, 0.3) is 5.91 Å². The van der Waals surface area contributed by atoms with Gasteiger partial charge in [0.05, 0.1) is 17.8 Å². The number of halogens is 1. The highest BCUT2D eigenvalue weighted by Gasteiger charge is 2.27. The Morgan fingerprint density at radius 1 is 1.39 bits per heavy atom. The Labute approximate surface area is 110 Å². The van der Waals surface area contributed by atoms with E-state index in [1.807, 2.05) is 0 Å². The molecule has 0 atom stereocenters. The van der Waals surface area contributed by atoms with Crippen LogP contribution in [-0.4, -0.2) is 35.4 Å². The van der Waals surface area contributed by atoms with Crippen molar-refractivity contribution in [1.29, 1.82) is 0 Å². The fourth-order valence-corrected chi connectivity index (χ4v) is 1.41. The second-order valence-electron chi connectivity index (χ2n) is 4.37. The van der Waals surface area contributed by atoms with Crippen LogP contribution in [0.5, 0.6) is 0 Å². The van der Waals surface area contributed by atoms with E-state index < -0.39 is 11.3 Å². The molecule has 18 heavy (non-hydrogen) atoms. The number of hydrogen-bond acceptors (Lipinski definition) is 4. The standard InChI is InChI=1S/C11H15ClN4O2/c1-11(2,10(18)13-3)6-15-9(17)7-4-14-5-8(12)16-7/h4-5H,6H2,1-3H3,(H,13,18)(H,15,17). The van der Waals surface area contributed by atoms with E-state index in [4.69, 9.17) is 11.6 Å². The lowest BCUT2D eigenvalue weighted by molar-refractivity contribution is -0.128. The van der Waals surface area contributed by atoms with Crippen LogP contribution in [-0.2, 0) is 4.79 Å². The van der Waals surface area contributed by atoms with Crippen LogP contribution in [0, 0.1) is 5.41 Å². The second kappa shape index (κ2) is 5.77. The zero-order valence-corrected chi connectivity index (χ0v) is 11.2. The van der Waals surface area contributed by atoms with Gasteiger partial charge >= 0.3 is 0 Å². The van der Waals surface area contributed by atoms with Gasteiger partial charge in [-0.3, -0.25) is 14.6 Å². The van der Waals surface area contributed by atoms with E-state index in [9.17, 15) is 9.59 Å². The Balaban J connectivity index is 2.64. The van der Waals surface area contributed by atoms with E-state index >= 15 is 0 Å². The van der Waals surface area contributed by atoms with Crippen molar-refractivity contribution in [2.24, 2.45) is 5.41 Å². The normalized spacial score (nSPS) is 10.9. The Morgan fingerprint density at radius 2 is 2.06 bits per heavy atom. The third-order valence-corrected chi connectivity index (χ3v) is 2.55. The Morgan fingerprint density at radius 3 is 2.61 bits per heavy atom. The fourth-order valence-electron chi connectivity index (χ4n) is 1.26. The molecule has 1 aromatic heterocycles. The Kier molecular flexibility index (Phi) is 4.61. The highest BCUT2D eigenvalue weighted by atomic mass is 35.5. The Bertz CT molecular complexity index is 462. The number of aromatic nitrogens is 2. The van der Waals surface area contributed by atoms with E-state index in [2.05, 4.69) is 20.6 Å². The molecule has 0 saturated carbocycles. The van der Waals surface area contributed by atoms with Crippen LogP contribution in [0.3, 0.4) is 0 Å². The maximum Gasteiger partial charge on any atom is 0.271 e. The van der Waals surface area contributed by atoms with Crippen LogP contribution in [0.1, 0.15) is 24.3 Å². The van der Waals surface area contributed by atoms with Gasteiger partial charge in [0.1, 0.15) is 10.8 Å². The van der Waals surface area contributed by atoms with Crippen LogP contribution in [0.15, 0.2) is 12.4 Å². The smallest absolute Gasteiger partial charge is 0.271 e. The van der Waals surface area contributed by atoms with Crippen molar-refractivity contribution in [2.75, 3.05) is 13.6 Å². The summed E-state index contributed by atoms with van der Waals surface area (Å²) in [7, 11) is 1.55. The Hall–Kier alpha value is -1.69. The van der Waals surface area contributed by atoms with Gasteiger partial charge in [-0.2, -0.15) is 0 Å². The molecule has 98 valence electrons. The van der Waals surface area contributed by atoms with Gasteiger partial charge in [-0.05, 0) is 13.8 Å². The first-order valence-corrected chi connectivity index (χ1v) is 5.72. The average molecular weight is 271 g/mol.